The minimum atomic E-state index is -0.945. The summed E-state index contributed by atoms with van der Waals surface area (Å²) in [5.41, 5.74) is 0.864. The van der Waals surface area contributed by atoms with Crippen LogP contribution in [0, 0.1) is 5.92 Å². The summed E-state index contributed by atoms with van der Waals surface area (Å²) in [6.07, 6.45) is 0.603. The zero-order valence-electron chi connectivity index (χ0n) is 10.2. The fourth-order valence-electron chi connectivity index (χ4n) is 1.71. The number of hydrogen-bond acceptors (Lipinski definition) is 3. The van der Waals surface area contributed by atoms with Gasteiger partial charge in [0.05, 0.1) is 5.56 Å². The van der Waals surface area contributed by atoms with E-state index in [0.29, 0.717) is 18.0 Å². The average Bonchev–Trinajstić information content (AvgIpc) is 2.28. The first kappa shape index (κ1) is 13.5. The lowest BCUT2D eigenvalue weighted by molar-refractivity contribution is 0.0698. The number of nitrogens with one attached hydrogen (secondary N) is 1. The molecule has 0 aliphatic carbocycles. The highest BCUT2D eigenvalue weighted by atomic mass is 16.4. The van der Waals surface area contributed by atoms with Gasteiger partial charge >= 0.3 is 5.97 Å². The molecule has 0 aliphatic heterocycles. The lowest BCUT2D eigenvalue weighted by atomic mass is 10.0. The molecule has 1 unspecified atom stereocenters. The molecular weight excluding hydrogens is 218 g/mol. The van der Waals surface area contributed by atoms with Gasteiger partial charge in [0.25, 0.3) is 0 Å². The fraction of sp³-hybridized carbons (Fsp3) is 0.462. The molecule has 0 saturated heterocycles. The van der Waals surface area contributed by atoms with Gasteiger partial charge in [-0.15, -0.1) is 0 Å². The summed E-state index contributed by atoms with van der Waals surface area (Å²) in [6.45, 7) is 4.17. The first-order valence-electron chi connectivity index (χ1n) is 5.76. The van der Waals surface area contributed by atoms with Gasteiger partial charge in [-0.05, 0) is 24.5 Å². The van der Waals surface area contributed by atoms with Crippen LogP contribution in [0.25, 0.3) is 0 Å². The second-order valence-corrected chi connectivity index (χ2v) is 4.36. The Balaban J connectivity index is 2.88. The Kier molecular flexibility index (Phi) is 4.97. The van der Waals surface area contributed by atoms with Crippen LogP contribution in [0.5, 0.6) is 0 Å². The highest BCUT2D eigenvalue weighted by molar-refractivity contribution is 5.94. The van der Waals surface area contributed by atoms with Crippen molar-refractivity contribution in [3.63, 3.8) is 0 Å². The number of para-hydroxylation sites is 1. The molecule has 94 valence electrons. The Labute approximate surface area is 101 Å². The van der Waals surface area contributed by atoms with Crippen LogP contribution in [0.2, 0.25) is 0 Å². The first-order chi connectivity index (χ1) is 8.06. The summed E-state index contributed by atoms with van der Waals surface area (Å²) in [5.74, 6) is -0.622. The summed E-state index contributed by atoms with van der Waals surface area (Å²) in [5, 5.41) is 21.2. The van der Waals surface area contributed by atoms with Gasteiger partial charge in [-0.1, -0.05) is 26.0 Å². The summed E-state index contributed by atoms with van der Waals surface area (Å²) in [4.78, 5) is 11.0. The molecule has 4 nitrogen and oxygen atoms in total. The number of carbonyl (C=O) groups is 1. The van der Waals surface area contributed by atoms with Crippen molar-refractivity contribution in [2.75, 3.05) is 11.9 Å². The van der Waals surface area contributed by atoms with Crippen molar-refractivity contribution >= 4 is 11.7 Å². The van der Waals surface area contributed by atoms with Gasteiger partial charge in [0.15, 0.2) is 0 Å². The Morgan fingerprint density at radius 2 is 2.00 bits per heavy atom. The van der Waals surface area contributed by atoms with E-state index in [1.54, 1.807) is 24.3 Å². The van der Waals surface area contributed by atoms with E-state index in [1.807, 2.05) is 13.8 Å². The van der Waals surface area contributed by atoms with E-state index in [0.717, 1.165) is 0 Å². The molecule has 0 radical (unpaired) electrons. The smallest absolute Gasteiger partial charge is 0.337 e. The minimum Gasteiger partial charge on any atom is -0.478 e. The van der Waals surface area contributed by atoms with Crippen molar-refractivity contribution in [2.24, 2.45) is 5.92 Å². The molecule has 0 bridgehead atoms. The average molecular weight is 237 g/mol. The van der Waals surface area contributed by atoms with Crippen molar-refractivity contribution in [1.82, 2.24) is 0 Å². The molecule has 3 N–H and O–H groups in total. The van der Waals surface area contributed by atoms with Gasteiger partial charge < -0.3 is 15.5 Å². The zero-order chi connectivity index (χ0) is 12.8. The van der Waals surface area contributed by atoms with E-state index in [1.165, 1.54) is 0 Å². The zero-order valence-corrected chi connectivity index (χ0v) is 10.2. The normalized spacial score (nSPS) is 12.5. The lowest BCUT2D eigenvalue weighted by Crippen LogP contribution is -2.27. The fourth-order valence-corrected chi connectivity index (χ4v) is 1.71. The summed E-state index contributed by atoms with van der Waals surface area (Å²) >= 11 is 0. The largest absolute Gasteiger partial charge is 0.478 e. The van der Waals surface area contributed by atoms with Crippen LogP contribution >= 0.6 is 0 Å². The first-order valence-corrected chi connectivity index (χ1v) is 5.76. The highest BCUT2D eigenvalue weighted by Gasteiger charge is 2.16. The van der Waals surface area contributed by atoms with Gasteiger partial charge in [0.1, 0.15) is 0 Å². The van der Waals surface area contributed by atoms with Gasteiger partial charge in [-0.3, -0.25) is 0 Å². The van der Waals surface area contributed by atoms with Crippen molar-refractivity contribution in [1.29, 1.82) is 0 Å². The minimum absolute atomic E-state index is 0.0699. The molecule has 0 spiro atoms. The number of hydrogen-bond donors (Lipinski definition) is 3. The number of aliphatic hydroxyl groups is 1. The third-order valence-electron chi connectivity index (χ3n) is 2.74. The van der Waals surface area contributed by atoms with Crippen LogP contribution in [0.1, 0.15) is 30.6 Å². The topological polar surface area (TPSA) is 69.6 Å². The Hall–Kier alpha value is -1.55. The monoisotopic (exact) mass is 237 g/mol. The quantitative estimate of drug-likeness (QED) is 0.709. The maximum absolute atomic E-state index is 11.0. The third kappa shape index (κ3) is 3.75. The number of carboxylic acid groups (broad SMARTS) is 1. The maximum Gasteiger partial charge on any atom is 0.337 e. The van der Waals surface area contributed by atoms with E-state index in [4.69, 9.17) is 10.2 Å². The molecule has 0 fully saturated rings. The molecule has 0 aromatic heterocycles. The number of aliphatic hydroxyl groups excluding tert-OH is 1. The SMILES string of the molecule is CC(C)C(CCO)Nc1ccccc1C(=O)O. The van der Waals surface area contributed by atoms with E-state index < -0.39 is 5.97 Å². The molecule has 0 amide bonds. The molecule has 4 heteroatoms. The number of rotatable bonds is 6. The number of aromatic carboxylic acids is 1. The van der Waals surface area contributed by atoms with E-state index >= 15 is 0 Å². The predicted molar refractivity (Wildman–Crippen MR) is 67.4 cm³/mol. The van der Waals surface area contributed by atoms with E-state index in [-0.39, 0.29) is 18.2 Å². The molecule has 1 aromatic rings. The van der Waals surface area contributed by atoms with E-state index in [2.05, 4.69) is 5.32 Å². The molecule has 0 heterocycles. The van der Waals surface area contributed by atoms with Gasteiger partial charge in [-0.2, -0.15) is 0 Å². The summed E-state index contributed by atoms with van der Waals surface area (Å²) in [7, 11) is 0. The highest BCUT2D eigenvalue weighted by Crippen LogP contribution is 2.19. The van der Waals surface area contributed by atoms with Crippen molar-refractivity contribution in [2.45, 2.75) is 26.3 Å². The Bertz CT molecular complexity index is 377. The van der Waals surface area contributed by atoms with Crippen LogP contribution in [0.4, 0.5) is 5.69 Å². The van der Waals surface area contributed by atoms with Crippen molar-refractivity contribution in [3.05, 3.63) is 29.8 Å². The third-order valence-corrected chi connectivity index (χ3v) is 2.74. The molecular formula is C13H19NO3. The maximum atomic E-state index is 11.0. The van der Waals surface area contributed by atoms with Crippen molar-refractivity contribution in [3.8, 4) is 0 Å². The van der Waals surface area contributed by atoms with Crippen LogP contribution in [-0.4, -0.2) is 28.8 Å². The summed E-state index contributed by atoms with van der Waals surface area (Å²) < 4.78 is 0. The van der Waals surface area contributed by atoms with Gasteiger partial charge in [-0.25, -0.2) is 4.79 Å². The Morgan fingerprint density at radius 3 is 2.53 bits per heavy atom. The number of carboxylic acids is 1. The standard InChI is InChI=1S/C13H19NO3/c1-9(2)11(7-8-15)14-12-6-4-3-5-10(12)13(16)17/h3-6,9,11,14-15H,7-8H2,1-2H3,(H,16,17). The number of anilines is 1. The lowest BCUT2D eigenvalue weighted by Gasteiger charge is -2.23. The van der Waals surface area contributed by atoms with Crippen LogP contribution in [0.15, 0.2) is 24.3 Å². The number of benzene rings is 1. The van der Waals surface area contributed by atoms with Crippen LogP contribution < -0.4 is 5.32 Å². The van der Waals surface area contributed by atoms with E-state index in [9.17, 15) is 4.79 Å². The summed E-state index contributed by atoms with van der Waals surface area (Å²) in [6, 6.07) is 6.88. The predicted octanol–water partition coefficient (Wildman–Crippen LogP) is 2.20. The molecule has 1 atom stereocenters. The molecule has 1 rings (SSSR count). The molecule has 17 heavy (non-hydrogen) atoms. The molecule has 0 aliphatic rings. The second kappa shape index (κ2) is 6.25. The van der Waals surface area contributed by atoms with Gasteiger partial charge in [0, 0.05) is 18.3 Å². The second-order valence-electron chi connectivity index (χ2n) is 4.36. The molecule has 0 saturated carbocycles. The van der Waals surface area contributed by atoms with Crippen molar-refractivity contribution < 1.29 is 15.0 Å². The van der Waals surface area contributed by atoms with Gasteiger partial charge in [0.2, 0.25) is 0 Å². The Morgan fingerprint density at radius 1 is 1.35 bits per heavy atom. The van der Waals surface area contributed by atoms with Crippen LogP contribution in [-0.2, 0) is 0 Å². The molecule has 1 aromatic carbocycles. The van der Waals surface area contributed by atoms with Crippen LogP contribution in [0.3, 0.4) is 0 Å².